The fourth-order valence-corrected chi connectivity index (χ4v) is 2.87. The molecule has 0 aliphatic heterocycles. The van der Waals surface area contributed by atoms with E-state index in [9.17, 15) is 4.79 Å². The van der Waals surface area contributed by atoms with Gasteiger partial charge in [-0.3, -0.25) is 4.79 Å². The first-order valence-corrected chi connectivity index (χ1v) is 8.51. The van der Waals surface area contributed by atoms with Gasteiger partial charge in [0.05, 0.1) is 22.5 Å². The molecule has 27 heavy (non-hydrogen) atoms. The van der Waals surface area contributed by atoms with E-state index in [1.165, 1.54) is 6.20 Å². The van der Waals surface area contributed by atoms with Crippen LogP contribution in [-0.4, -0.2) is 27.8 Å². The molecule has 2 heterocycles. The average molecular weight is 383 g/mol. The van der Waals surface area contributed by atoms with E-state index in [1.807, 2.05) is 18.2 Å². The standard InChI is InChI=1S/C19H15ClN4O3/c1-26-11-18-23-15-8-13(6-7-17(15)27-18)22-19(25)12-9-21-24(10-12)16-5-3-2-4-14(16)20/h2-10H,11H2,1H3,(H,22,25). The van der Waals surface area contributed by atoms with Gasteiger partial charge in [-0.2, -0.15) is 5.10 Å². The number of fused-ring (bicyclic) bond motifs is 1. The van der Waals surface area contributed by atoms with Crippen molar-refractivity contribution in [1.82, 2.24) is 14.8 Å². The highest BCUT2D eigenvalue weighted by Crippen LogP contribution is 2.22. The van der Waals surface area contributed by atoms with E-state index in [-0.39, 0.29) is 12.5 Å². The highest BCUT2D eigenvalue weighted by molar-refractivity contribution is 6.32. The smallest absolute Gasteiger partial charge is 0.258 e. The Morgan fingerprint density at radius 2 is 2.15 bits per heavy atom. The SMILES string of the molecule is COCc1nc2cc(NC(=O)c3cnn(-c4ccccc4Cl)c3)ccc2o1. The van der Waals surface area contributed by atoms with Gasteiger partial charge in [-0.25, -0.2) is 9.67 Å². The number of aromatic nitrogens is 3. The van der Waals surface area contributed by atoms with Crippen LogP contribution in [0.25, 0.3) is 16.8 Å². The quantitative estimate of drug-likeness (QED) is 0.562. The number of nitrogens with zero attached hydrogens (tertiary/aromatic N) is 3. The lowest BCUT2D eigenvalue weighted by Crippen LogP contribution is -2.11. The van der Waals surface area contributed by atoms with Crippen LogP contribution in [0.3, 0.4) is 0 Å². The summed E-state index contributed by atoms with van der Waals surface area (Å²) in [7, 11) is 1.57. The third-order valence-corrected chi connectivity index (χ3v) is 4.22. The Hall–Kier alpha value is -3.16. The van der Waals surface area contributed by atoms with Gasteiger partial charge in [-0.05, 0) is 30.3 Å². The monoisotopic (exact) mass is 382 g/mol. The summed E-state index contributed by atoms with van der Waals surface area (Å²) in [6.45, 7) is 0.289. The van der Waals surface area contributed by atoms with Gasteiger partial charge in [0.15, 0.2) is 5.58 Å². The Bertz CT molecular complexity index is 1120. The van der Waals surface area contributed by atoms with E-state index < -0.39 is 0 Å². The molecular formula is C19H15ClN4O3. The number of rotatable bonds is 5. The third-order valence-electron chi connectivity index (χ3n) is 3.90. The molecule has 0 bridgehead atoms. The normalized spacial score (nSPS) is 11.0. The van der Waals surface area contributed by atoms with Gasteiger partial charge >= 0.3 is 0 Å². The van der Waals surface area contributed by atoms with E-state index in [1.54, 1.807) is 42.3 Å². The zero-order valence-electron chi connectivity index (χ0n) is 14.3. The molecule has 0 atom stereocenters. The number of nitrogens with one attached hydrogen (secondary N) is 1. The maximum absolute atomic E-state index is 12.5. The molecule has 4 aromatic rings. The molecule has 1 amide bonds. The van der Waals surface area contributed by atoms with Crippen molar-refractivity contribution in [2.45, 2.75) is 6.61 Å². The molecule has 7 nitrogen and oxygen atoms in total. The number of carbonyl (C=O) groups excluding carboxylic acids is 1. The van der Waals surface area contributed by atoms with Crippen LogP contribution in [0.5, 0.6) is 0 Å². The largest absolute Gasteiger partial charge is 0.438 e. The topological polar surface area (TPSA) is 82.2 Å². The van der Waals surface area contributed by atoms with E-state index >= 15 is 0 Å². The second kappa shape index (κ2) is 7.22. The Morgan fingerprint density at radius 1 is 1.30 bits per heavy atom. The van der Waals surface area contributed by atoms with Crippen LogP contribution in [-0.2, 0) is 11.3 Å². The van der Waals surface area contributed by atoms with Gasteiger partial charge in [0.25, 0.3) is 5.91 Å². The highest BCUT2D eigenvalue weighted by Gasteiger charge is 2.12. The van der Waals surface area contributed by atoms with Crippen molar-refractivity contribution in [3.63, 3.8) is 0 Å². The number of oxazole rings is 1. The van der Waals surface area contributed by atoms with E-state index in [2.05, 4.69) is 15.4 Å². The fraction of sp³-hybridized carbons (Fsp3) is 0.105. The first-order chi connectivity index (χ1) is 13.1. The summed E-state index contributed by atoms with van der Waals surface area (Å²) < 4.78 is 12.1. The lowest BCUT2D eigenvalue weighted by Gasteiger charge is -2.04. The van der Waals surface area contributed by atoms with Gasteiger partial charge in [-0.15, -0.1) is 0 Å². The number of amides is 1. The Kier molecular flexibility index (Phi) is 4.62. The van der Waals surface area contributed by atoms with Crippen LogP contribution in [0.2, 0.25) is 5.02 Å². The van der Waals surface area contributed by atoms with Crippen molar-refractivity contribution in [2.75, 3.05) is 12.4 Å². The van der Waals surface area contributed by atoms with Crippen LogP contribution < -0.4 is 5.32 Å². The van der Waals surface area contributed by atoms with Gasteiger partial charge in [0.2, 0.25) is 5.89 Å². The third kappa shape index (κ3) is 3.55. The predicted octanol–water partition coefficient (Wildman–Crippen LogP) is 4.07. The van der Waals surface area contributed by atoms with E-state index in [4.69, 9.17) is 20.8 Å². The molecule has 8 heteroatoms. The van der Waals surface area contributed by atoms with E-state index in [0.29, 0.717) is 39.0 Å². The summed E-state index contributed by atoms with van der Waals surface area (Å²) in [6.07, 6.45) is 3.12. The summed E-state index contributed by atoms with van der Waals surface area (Å²) in [5, 5.41) is 7.60. The van der Waals surface area contributed by atoms with Crippen molar-refractivity contribution in [1.29, 1.82) is 0 Å². The second-order valence-corrected chi connectivity index (χ2v) is 6.21. The number of methoxy groups -OCH3 is 1. The molecule has 0 radical (unpaired) electrons. The molecule has 0 unspecified atom stereocenters. The molecule has 0 aliphatic carbocycles. The number of halogens is 1. The number of benzene rings is 2. The first kappa shape index (κ1) is 17.3. The van der Waals surface area contributed by atoms with Crippen molar-refractivity contribution >= 4 is 34.3 Å². The maximum Gasteiger partial charge on any atom is 0.258 e. The van der Waals surface area contributed by atoms with Gasteiger partial charge in [0, 0.05) is 19.0 Å². The number of para-hydroxylation sites is 1. The van der Waals surface area contributed by atoms with Crippen molar-refractivity contribution in [3.05, 3.63) is 71.3 Å². The molecule has 1 N–H and O–H groups in total. The second-order valence-electron chi connectivity index (χ2n) is 5.80. The Morgan fingerprint density at radius 3 is 2.96 bits per heavy atom. The van der Waals surface area contributed by atoms with Crippen LogP contribution >= 0.6 is 11.6 Å². The molecule has 0 spiro atoms. The number of hydrogen-bond donors (Lipinski definition) is 1. The van der Waals surface area contributed by atoms with Crippen LogP contribution in [0.4, 0.5) is 5.69 Å². The van der Waals surface area contributed by atoms with Crippen LogP contribution in [0.1, 0.15) is 16.2 Å². The number of anilines is 1. The van der Waals surface area contributed by atoms with Crippen molar-refractivity contribution < 1.29 is 13.9 Å². The zero-order valence-corrected chi connectivity index (χ0v) is 15.1. The molecular weight excluding hydrogens is 368 g/mol. The van der Waals surface area contributed by atoms with Gasteiger partial charge < -0.3 is 14.5 Å². The summed E-state index contributed by atoms with van der Waals surface area (Å²) in [5.74, 6) is 0.199. The van der Waals surface area contributed by atoms with Crippen molar-refractivity contribution in [2.24, 2.45) is 0 Å². The summed E-state index contributed by atoms with van der Waals surface area (Å²) >= 11 is 6.17. The summed E-state index contributed by atoms with van der Waals surface area (Å²) in [4.78, 5) is 16.8. The number of ether oxygens (including phenoxy) is 1. The molecule has 0 saturated carbocycles. The maximum atomic E-state index is 12.5. The minimum Gasteiger partial charge on any atom is -0.438 e. The van der Waals surface area contributed by atoms with Crippen molar-refractivity contribution in [3.8, 4) is 5.69 Å². The minimum atomic E-state index is -0.284. The minimum absolute atomic E-state index is 0.284. The molecule has 136 valence electrons. The van der Waals surface area contributed by atoms with Crippen LogP contribution in [0, 0.1) is 0 Å². The molecule has 2 aromatic heterocycles. The lowest BCUT2D eigenvalue weighted by molar-refractivity contribution is 0.102. The zero-order chi connectivity index (χ0) is 18.8. The molecule has 0 fully saturated rings. The molecule has 0 saturated heterocycles. The fourth-order valence-electron chi connectivity index (χ4n) is 2.65. The first-order valence-electron chi connectivity index (χ1n) is 8.13. The lowest BCUT2D eigenvalue weighted by atomic mass is 10.2. The molecule has 0 aliphatic rings. The van der Waals surface area contributed by atoms with E-state index in [0.717, 1.165) is 0 Å². The number of hydrogen-bond acceptors (Lipinski definition) is 5. The molecule has 4 rings (SSSR count). The molecule has 2 aromatic carbocycles. The number of carbonyl (C=O) groups is 1. The van der Waals surface area contributed by atoms with Gasteiger partial charge in [0.1, 0.15) is 12.1 Å². The van der Waals surface area contributed by atoms with Crippen LogP contribution in [0.15, 0.2) is 59.3 Å². The predicted molar refractivity (Wildman–Crippen MR) is 101 cm³/mol. The Labute approximate surface area is 159 Å². The summed E-state index contributed by atoms with van der Waals surface area (Å²) in [5.41, 5.74) is 3.00. The van der Waals surface area contributed by atoms with Gasteiger partial charge in [-0.1, -0.05) is 23.7 Å². The highest BCUT2D eigenvalue weighted by atomic mass is 35.5. The average Bonchev–Trinajstić information content (AvgIpc) is 3.29. The summed E-state index contributed by atoms with van der Waals surface area (Å²) in [6, 6.07) is 12.5. The Balaban J connectivity index is 1.54.